The fourth-order valence-electron chi connectivity index (χ4n) is 1.60. The molecular formula is C14H15NO2. The number of furan rings is 1. The number of carbonyl (C=O) groups is 1. The van der Waals surface area contributed by atoms with Crippen molar-refractivity contribution >= 4 is 5.91 Å². The highest BCUT2D eigenvalue weighted by molar-refractivity contribution is 5.94. The second-order valence-electron chi connectivity index (χ2n) is 4.06. The zero-order chi connectivity index (χ0) is 12.3. The summed E-state index contributed by atoms with van der Waals surface area (Å²) >= 11 is 0. The second-order valence-corrected chi connectivity index (χ2v) is 4.06. The molecule has 88 valence electrons. The van der Waals surface area contributed by atoms with Gasteiger partial charge < -0.3 is 9.73 Å². The van der Waals surface area contributed by atoms with Crippen molar-refractivity contribution in [3.8, 4) is 0 Å². The third-order valence-corrected chi connectivity index (χ3v) is 2.68. The van der Waals surface area contributed by atoms with Crippen LogP contribution in [0.25, 0.3) is 0 Å². The topological polar surface area (TPSA) is 42.2 Å². The van der Waals surface area contributed by atoms with E-state index in [0.29, 0.717) is 17.9 Å². The Hall–Kier alpha value is -2.03. The van der Waals surface area contributed by atoms with Crippen LogP contribution in [0, 0.1) is 13.8 Å². The molecule has 0 saturated heterocycles. The minimum Gasteiger partial charge on any atom is -0.469 e. The molecule has 3 heteroatoms. The predicted octanol–water partition coefficient (Wildman–Crippen LogP) is 2.83. The molecule has 0 aliphatic heterocycles. The first-order chi connectivity index (χ1) is 8.16. The highest BCUT2D eigenvalue weighted by atomic mass is 16.3. The summed E-state index contributed by atoms with van der Waals surface area (Å²) < 4.78 is 5.09. The molecule has 2 aromatic rings. The Kier molecular flexibility index (Phi) is 3.28. The number of hydrogen-bond acceptors (Lipinski definition) is 2. The van der Waals surface area contributed by atoms with Crippen molar-refractivity contribution < 1.29 is 9.21 Å². The zero-order valence-electron chi connectivity index (χ0n) is 9.99. The van der Waals surface area contributed by atoms with Gasteiger partial charge in [-0.15, -0.1) is 0 Å². The van der Waals surface area contributed by atoms with Crippen LogP contribution in [-0.2, 0) is 6.54 Å². The van der Waals surface area contributed by atoms with Crippen molar-refractivity contribution in [1.29, 1.82) is 0 Å². The summed E-state index contributed by atoms with van der Waals surface area (Å²) in [7, 11) is 0. The lowest BCUT2D eigenvalue weighted by atomic mass is 10.1. The molecule has 1 aromatic heterocycles. The van der Waals surface area contributed by atoms with Gasteiger partial charge in [0, 0.05) is 6.54 Å². The predicted molar refractivity (Wildman–Crippen MR) is 65.8 cm³/mol. The van der Waals surface area contributed by atoms with Crippen LogP contribution < -0.4 is 5.32 Å². The van der Waals surface area contributed by atoms with Gasteiger partial charge in [0.25, 0.3) is 5.91 Å². The summed E-state index contributed by atoms with van der Waals surface area (Å²) in [5.74, 6) is 0.545. The maximum Gasteiger partial charge on any atom is 0.255 e. The first-order valence-electron chi connectivity index (χ1n) is 5.54. The summed E-state index contributed by atoms with van der Waals surface area (Å²) in [6.45, 7) is 4.35. The highest BCUT2D eigenvalue weighted by Crippen LogP contribution is 2.09. The van der Waals surface area contributed by atoms with Crippen LogP contribution in [0.5, 0.6) is 0 Å². The molecule has 3 nitrogen and oxygen atoms in total. The quantitative estimate of drug-likeness (QED) is 0.879. The van der Waals surface area contributed by atoms with Gasteiger partial charge in [-0.05, 0) is 25.5 Å². The van der Waals surface area contributed by atoms with Crippen molar-refractivity contribution in [1.82, 2.24) is 5.32 Å². The molecule has 0 spiro atoms. The normalized spacial score (nSPS) is 10.2. The van der Waals surface area contributed by atoms with E-state index in [4.69, 9.17) is 4.42 Å². The molecule has 0 bridgehead atoms. The molecule has 0 atom stereocenters. The summed E-state index contributed by atoms with van der Waals surface area (Å²) in [6, 6.07) is 9.77. The Morgan fingerprint density at radius 1 is 1.18 bits per heavy atom. The van der Waals surface area contributed by atoms with Crippen LogP contribution in [-0.4, -0.2) is 5.91 Å². The van der Waals surface area contributed by atoms with Crippen LogP contribution >= 0.6 is 0 Å². The minimum absolute atomic E-state index is 0.100. The number of nitrogens with one attached hydrogen (secondary N) is 1. The van der Waals surface area contributed by atoms with E-state index in [2.05, 4.69) is 5.32 Å². The maximum atomic E-state index is 11.8. The summed E-state index contributed by atoms with van der Waals surface area (Å²) in [4.78, 5) is 11.8. The molecule has 0 aliphatic rings. The van der Waals surface area contributed by atoms with Gasteiger partial charge in [0.05, 0.1) is 11.8 Å². The Bertz CT molecular complexity index is 511. The number of amides is 1. The van der Waals surface area contributed by atoms with Crippen LogP contribution in [0.4, 0.5) is 0 Å². The molecular weight excluding hydrogens is 214 g/mol. The van der Waals surface area contributed by atoms with E-state index in [1.54, 1.807) is 13.0 Å². The number of carbonyl (C=O) groups excluding carboxylic acids is 1. The fraction of sp³-hybridized carbons (Fsp3) is 0.214. The van der Waals surface area contributed by atoms with Crippen LogP contribution in [0.15, 0.2) is 41.0 Å². The molecule has 0 saturated carbocycles. The SMILES string of the molecule is Cc1ccc(CNC(=O)c2ccoc2C)cc1. The lowest BCUT2D eigenvalue weighted by molar-refractivity contribution is 0.0949. The van der Waals surface area contributed by atoms with E-state index in [1.807, 2.05) is 31.2 Å². The van der Waals surface area contributed by atoms with Gasteiger partial charge in [0.1, 0.15) is 5.76 Å². The monoisotopic (exact) mass is 229 g/mol. The second kappa shape index (κ2) is 4.87. The van der Waals surface area contributed by atoms with Crippen LogP contribution in [0.1, 0.15) is 27.2 Å². The lowest BCUT2D eigenvalue weighted by Gasteiger charge is -2.04. The maximum absolute atomic E-state index is 11.8. The minimum atomic E-state index is -0.100. The van der Waals surface area contributed by atoms with Crippen molar-refractivity contribution in [2.75, 3.05) is 0 Å². The summed E-state index contributed by atoms with van der Waals surface area (Å²) in [5, 5.41) is 2.86. The molecule has 1 N–H and O–H groups in total. The van der Waals surface area contributed by atoms with Crippen molar-refractivity contribution in [3.63, 3.8) is 0 Å². The van der Waals surface area contributed by atoms with E-state index >= 15 is 0 Å². The number of benzene rings is 1. The molecule has 17 heavy (non-hydrogen) atoms. The first kappa shape index (κ1) is 11.5. The number of hydrogen-bond donors (Lipinski definition) is 1. The van der Waals surface area contributed by atoms with E-state index in [0.717, 1.165) is 5.56 Å². The van der Waals surface area contributed by atoms with Crippen molar-refractivity contribution in [2.45, 2.75) is 20.4 Å². The molecule has 0 radical (unpaired) electrons. The summed E-state index contributed by atoms with van der Waals surface area (Å²) in [6.07, 6.45) is 1.52. The molecule has 1 heterocycles. The molecule has 2 rings (SSSR count). The van der Waals surface area contributed by atoms with E-state index in [9.17, 15) is 4.79 Å². The smallest absolute Gasteiger partial charge is 0.255 e. The third-order valence-electron chi connectivity index (χ3n) is 2.68. The molecule has 0 aliphatic carbocycles. The summed E-state index contributed by atoms with van der Waals surface area (Å²) in [5.41, 5.74) is 2.90. The van der Waals surface area contributed by atoms with Gasteiger partial charge in [-0.1, -0.05) is 29.8 Å². The average Bonchev–Trinajstić information content (AvgIpc) is 2.74. The first-order valence-corrected chi connectivity index (χ1v) is 5.54. The molecule has 0 unspecified atom stereocenters. The largest absolute Gasteiger partial charge is 0.469 e. The Morgan fingerprint density at radius 2 is 1.88 bits per heavy atom. The Morgan fingerprint density at radius 3 is 2.47 bits per heavy atom. The van der Waals surface area contributed by atoms with Crippen LogP contribution in [0.2, 0.25) is 0 Å². The van der Waals surface area contributed by atoms with E-state index in [-0.39, 0.29) is 5.91 Å². The van der Waals surface area contributed by atoms with Crippen molar-refractivity contribution in [3.05, 3.63) is 59.0 Å². The molecule has 0 fully saturated rings. The van der Waals surface area contributed by atoms with Gasteiger partial charge in [0.15, 0.2) is 0 Å². The van der Waals surface area contributed by atoms with Gasteiger partial charge in [-0.25, -0.2) is 0 Å². The lowest BCUT2D eigenvalue weighted by Crippen LogP contribution is -2.22. The number of rotatable bonds is 3. The zero-order valence-corrected chi connectivity index (χ0v) is 9.99. The third kappa shape index (κ3) is 2.75. The van der Waals surface area contributed by atoms with Gasteiger partial charge in [-0.3, -0.25) is 4.79 Å². The molecule has 1 amide bonds. The van der Waals surface area contributed by atoms with E-state index < -0.39 is 0 Å². The highest BCUT2D eigenvalue weighted by Gasteiger charge is 2.10. The fourth-order valence-corrected chi connectivity index (χ4v) is 1.60. The number of aryl methyl sites for hydroxylation is 2. The standard InChI is InChI=1S/C14H15NO2/c1-10-3-5-12(6-4-10)9-15-14(16)13-7-8-17-11(13)2/h3-8H,9H2,1-2H3,(H,15,16). The Labute approximate surface area is 100 Å². The van der Waals surface area contributed by atoms with Gasteiger partial charge in [-0.2, -0.15) is 0 Å². The van der Waals surface area contributed by atoms with Gasteiger partial charge in [0.2, 0.25) is 0 Å². The van der Waals surface area contributed by atoms with E-state index in [1.165, 1.54) is 11.8 Å². The van der Waals surface area contributed by atoms with Gasteiger partial charge >= 0.3 is 0 Å². The van der Waals surface area contributed by atoms with Crippen molar-refractivity contribution in [2.24, 2.45) is 0 Å². The average molecular weight is 229 g/mol. The van der Waals surface area contributed by atoms with Crippen LogP contribution in [0.3, 0.4) is 0 Å². The molecule has 1 aromatic carbocycles. The Balaban J connectivity index is 1.97.